The molecule has 2 heterocycles. The zero-order chi connectivity index (χ0) is 31.0. The van der Waals surface area contributed by atoms with Crippen molar-refractivity contribution in [3.05, 3.63) is 47.5 Å². The molecule has 2 saturated carbocycles. The molecule has 1 aromatic rings. The van der Waals surface area contributed by atoms with Crippen LogP contribution in [0.15, 0.2) is 36.4 Å². The Balaban J connectivity index is 1.45. The van der Waals surface area contributed by atoms with Gasteiger partial charge in [-0.05, 0) is 70.4 Å². The number of nitrogens with one attached hydrogen (secondary N) is 3. The largest absolute Gasteiger partial charge is 0.444 e. The highest BCUT2D eigenvalue weighted by Crippen LogP contribution is 2.46. The van der Waals surface area contributed by atoms with E-state index >= 15 is 0 Å². The van der Waals surface area contributed by atoms with Gasteiger partial charge in [0, 0.05) is 18.9 Å². The first-order valence-electron chi connectivity index (χ1n) is 15.2. The summed E-state index contributed by atoms with van der Waals surface area (Å²) in [6.07, 6.45) is 8.04. The van der Waals surface area contributed by atoms with Gasteiger partial charge in [0.15, 0.2) is 0 Å². The summed E-state index contributed by atoms with van der Waals surface area (Å²) in [6, 6.07) is 5.67. The number of hydrogen-bond acceptors (Lipinski definition) is 7. The van der Waals surface area contributed by atoms with E-state index in [2.05, 4.69) is 15.4 Å². The average Bonchev–Trinajstić information content (AvgIpc) is 3.85. The minimum absolute atomic E-state index is 0.151. The Hall–Kier alpha value is -3.41. The van der Waals surface area contributed by atoms with Crippen LogP contribution in [0.25, 0.3) is 0 Å². The second-order valence-corrected chi connectivity index (χ2v) is 15.1. The van der Waals surface area contributed by atoms with Crippen LogP contribution >= 0.6 is 0 Å². The molecule has 1 unspecified atom stereocenters. The predicted molar refractivity (Wildman–Crippen MR) is 159 cm³/mol. The minimum atomic E-state index is -3.83. The van der Waals surface area contributed by atoms with Gasteiger partial charge in [0.1, 0.15) is 23.2 Å². The summed E-state index contributed by atoms with van der Waals surface area (Å²) in [5.74, 6) is -2.05. The van der Waals surface area contributed by atoms with Crippen LogP contribution in [0, 0.1) is 5.92 Å². The molecular weight excluding hydrogens is 572 g/mol. The van der Waals surface area contributed by atoms with Gasteiger partial charge in [0.2, 0.25) is 21.8 Å². The number of allylic oxidation sites excluding steroid dienone is 1. The van der Waals surface area contributed by atoms with E-state index in [1.54, 1.807) is 20.8 Å². The summed E-state index contributed by atoms with van der Waals surface area (Å²) >= 11 is 0. The molecule has 0 aromatic heterocycles. The Morgan fingerprint density at radius 2 is 1.77 bits per heavy atom. The molecular formula is C31H42N4O7S. The van der Waals surface area contributed by atoms with E-state index in [0.29, 0.717) is 25.7 Å². The SMILES string of the molecule is CC(C)(C)OC(=O)N[C@H]1CCCCC/C=C\[C@@H]2C[C@@]2(C(=O)NS(=O)(=O)C2CC2)NC(=O)C2Cc3ccccc3CN2C1=O. The van der Waals surface area contributed by atoms with Crippen molar-refractivity contribution in [1.82, 2.24) is 20.3 Å². The van der Waals surface area contributed by atoms with E-state index in [-0.39, 0.29) is 25.3 Å². The third kappa shape index (κ3) is 7.22. The topological polar surface area (TPSA) is 151 Å². The van der Waals surface area contributed by atoms with Crippen molar-refractivity contribution >= 4 is 33.8 Å². The molecule has 12 heteroatoms. The van der Waals surface area contributed by atoms with E-state index < -0.39 is 62.3 Å². The maximum Gasteiger partial charge on any atom is 0.408 e. The molecule has 0 spiro atoms. The van der Waals surface area contributed by atoms with Crippen molar-refractivity contribution in [3.63, 3.8) is 0 Å². The average molecular weight is 615 g/mol. The molecule has 4 amide bonds. The first-order chi connectivity index (χ1) is 20.3. The molecule has 11 nitrogen and oxygen atoms in total. The summed E-state index contributed by atoms with van der Waals surface area (Å²) in [5, 5.41) is 5.04. The second kappa shape index (κ2) is 11.9. The van der Waals surface area contributed by atoms with Crippen LogP contribution in [-0.4, -0.2) is 65.6 Å². The van der Waals surface area contributed by atoms with Gasteiger partial charge in [-0.2, -0.15) is 0 Å². The lowest BCUT2D eigenvalue weighted by atomic mass is 9.92. The highest BCUT2D eigenvalue weighted by Gasteiger charge is 2.61. The molecule has 2 fully saturated rings. The van der Waals surface area contributed by atoms with Crippen LogP contribution in [0.1, 0.15) is 83.3 Å². The van der Waals surface area contributed by atoms with Gasteiger partial charge in [-0.3, -0.25) is 19.1 Å². The molecule has 4 atom stereocenters. The monoisotopic (exact) mass is 614 g/mol. The van der Waals surface area contributed by atoms with Crippen molar-refractivity contribution in [1.29, 1.82) is 0 Å². The number of rotatable bonds is 4. The Labute approximate surface area is 253 Å². The second-order valence-electron chi connectivity index (χ2n) is 13.2. The maximum atomic E-state index is 14.2. The number of carbonyl (C=O) groups is 4. The van der Waals surface area contributed by atoms with E-state index in [0.717, 1.165) is 30.4 Å². The zero-order valence-corrected chi connectivity index (χ0v) is 25.9. The molecule has 5 rings (SSSR count). The Morgan fingerprint density at radius 3 is 2.47 bits per heavy atom. The normalized spacial score (nSPS) is 28.9. The van der Waals surface area contributed by atoms with Crippen molar-refractivity contribution in [2.75, 3.05) is 0 Å². The van der Waals surface area contributed by atoms with Gasteiger partial charge in [0.05, 0.1) is 5.25 Å². The third-order valence-electron chi connectivity index (χ3n) is 8.52. The maximum absolute atomic E-state index is 14.2. The van der Waals surface area contributed by atoms with Gasteiger partial charge in [-0.25, -0.2) is 13.2 Å². The molecule has 43 heavy (non-hydrogen) atoms. The number of nitrogens with zero attached hydrogens (tertiary/aromatic N) is 1. The summed E-state index contributed by atoms with van der Waals surface area (Å²) in [6.45, 7) is 5.38. The van der Waals surface area contributed by atoms with Crippen molar-refractivity contribution in [3.8, 4) is 0 Å². The molecule has 2 aliphatic carbocycles. The smallest absolute Gasteiger partial charge is 0.408 e. The molecule has 0 saturated heterocycles. The Bertz CT molecular complexity index is 1420. The molecule has 0 bridgehead atoms. The third-order valence-corrected chi connectivity index (χ3v) is 10.3. The number of fused-ring (bicyclic) bond motifs is 3. The van der Waals surface area contributed by atoms with Crippen LogP contribution in [0.5, 0.6) is 0 Å². The lowest BCUT2D eigenvalue weighted by molar-refractivity contribution is -0.144. The lowest BCUT2D eigenvalue weighted by Gasteiger charge is -2.38. The highest BCUT2D eigenvalue weighted by molar-refractivity contribution is 7.91. The first kappa shape index (κ1) is 31.0. The zero-order valence-electron chi connectivity index (χ0n) is 25.1. The summed E-state index contributed by atoms with van der Waals surface area (Å²) in [4.78, 5) is 55.9. The van der Waals surface area contributed by atoms with E-state index in [9.17, 15) is 27.6 Å². The Kier molecular flexibility index (Phi) is 8.61. The minimum Gasteiger partial charge on any atom is -0.444 e. The summed E-state index contributed by atoms with van der Waals surface area (Å²) in [7, 11) is -3.83. The number of hydrogen-bond donors (Lipinski definition) is 3. The standard InChI is InChI=1S/C31H42N4O7S/c1-30(2,3)42-29(39)32-24-14-8-6-4-5-7-13-22-18-31(22,28(38)34-43(40,41)23-15-16-23)33-26(36)25-17-20-11-9-10-12-21(20)19-35(25)27(24)37/h7,9-13,22-25H,4-6,8,14-19H2,1-3H3,(H,32,39)(H,33,36)(H,34,38)/b13-7-/t22-,24+,25?,31-/m1/s1. The number of sulfonamides is 1. The van der Waals surface area contributed by atoms with Gasteiger partial charge in [-0.1, -0.05) is 49.3 Å². The summed E-state index contributed by atoms with van der Waals surface area (Å²) < 4.78 is 33.0. The van der Waals surface area contributed by atoms with Crippen molar-refractivity contribution < 1.29 is 32.3 Å². The quantitative estimate of drug-likeness (QED) is 0.441. The fourth-order valence-corrected chi connectivity index (χ4v) is 7.27. The lowest BCUT2D eigenvalue weighted by Crippen LogP contribution is -2.61. The molecule has 3 N–H and O–H groups in total. The number of amides is 4. The van der Waals surface area contributed by atoms with Gasteiger partial charge >= 0.3 is 6.09 Å². The van der Waals surface area contributed by atoms with Crippen LogP contribution < -0.4 is 15.4 Å². The Morgan fingerprint density at radius 1 is 1.05 bits per heavy atom. The number of carbonyl (C=O) groups excluding carboxylic acids is 4. The van der Waals surface area contributed by atoms with Crippen LogP contribution in [-0.2, 0) is 42.1 Å². The van der Waals surface area contributed by atoms with Crippen molar-refractivity contribution in [2.24, 2.45) is 5.92 Å². The van der Waals surface area contributed by atoms with E-state index in [1.165, 1.54) is 4.90 Å². The van der Waals surface area contributed by atoms with Gasteiger partial charge in [0.25, 0.3) is 5.91 Å². The van der Waals surface area contributed by atoms with Crippen LogP contribution in [0.3, 0.4) is 0 Å². The number of ether oxygens (including phenoxy) is 1. The molecule has 1 aromatic carbocycles. The molecule has 4 aliphatic rings. The fourth-order valence-electron chi connectivity index (χ4n) is 5.91. The number of alkyl carbamates (subject to hydrolysis) is 1. The first-order valence-corrected chi connectivity index (χ1v) is 16.8. The van der Waals surface area contributed by atoms with Crippen LogP contribution in [0.4, 0.5) is 4.79 Å². The van der Waals surface area contributed by atoms with Crippen molar-refractivity contribution in [2.45, 2.75) is 114 Å². The van der Waals surface area contributed by atoms with Gasteiger partial charge < -0.3 is 20.3 Å². The number of benzene rings is 1. The molecule has 2 aliphatic heterocycles. The molecule has 0 radical (unpaired) electrons. The predicted octanol–water partition coefficient (Wildman–Crippen LogP) is 2.84. The fraction of sp³-hybridized carbons (Fsp3) is 0.613. The highest BCUT2D eigenvalue weighted by atomic mass is 32.2. The van der Waals surface area contributed by atoms with Crippen LogP contribution in [0.2, 0.25) is 0 Å². The molecule has 234 valence electrons. The van der Waals surface area contributed by atoms with E-state index in [1.807, 2.05) is 36.4 Å². The van der Waals surface area contributed by atoms with Gasteiger partial charge in [-0.15, -0.1) is 0 Å². The van der Waals surface area contributed by atoms with E-state index in [4.69, 9.17) is 4.74 Å². The summed E-state index contributed by atoms with van der Waals surface area (Å²) in [5.41, 5.74) is -0.378.